The van der Waals surface area contributed by atoms with E-state index in [4.69, 9.17) is 14.2 Å². The third-order valence-electron chi connectivity index (χ3n) is 4.00. The van der Waals surface area contributed by atoms with Crippen molar-refractivity contribution in [1.82, 2.24) is 4.90 Å². The molecule has 0 aliphatic carbocycles. The van der Waals surface area contributed by atoms with Gasteiger partial charge < -0.3 is 24.2 Å². The van der Waals surface area contributed by atoms with Gasteiger partial charge in [-0.05, 0) is 6.92 Å². The number of phenols is 1. The zero-order chi connectivity index (χ0) is 15.9. The summed E-state index contributed by atoms with van der Waals surface area (Å²) in [6.45, 7) is 8.49. The van der Waals surface area contributed by atoms with Gasteiger partial charge in [-0.2, -0.15) is 0 Å². The van der Waals surface area contributed by atoms with Gasteiger partial charge in [-0.1, -0.05) is 0 Å². The van der Waals surface area contributed by atoms with Crippen LogP contribution in [-0.2, 0) is 4.74 Å². The zero-order valence-corrected chi connectivity index (χ0v) is 13.7. The van der Waals surface area contributed by atoms with E-state index >= 15 is 0 Å². The molecule has 0 bridgehead atoms. The summed E-state index contributed by atoms with van der Waals surface area (Å²) in [6, 6.07) is 3.70. The number of aromatic hydroxyl groups is 1. The summed E-state index contributed by atoms with van der Waals surface area (Å²) >= 11 is 0. The Morgan fingerprint density at radius 3 is 2.27 bits per heavy atom. The molecular weight excluding hydrogens is 284 g/mol. The van der Waals surface area contributed by atoms with E-state index in [0.717, 1.165) is 51.6 Å². The van der Waals surface area contributed by atoms with Gasteiger partial charge in [-0.3, -0.25) is 4.90 Å². The molecule has 124 valence electrons. The number of anilines is 1. The molecular formula is C16H26N2O4. The van der Waals surface area contributed by atoms with E-state index in [9.17, 15) is 5.11 Å². The smallest absolute Gasteiger partial charge is 0.200 e. The first-order valence-corrected chi connectivity index (χ1v) is 7.69. The lowest BCUT2D eigenvalue weighted by atomic mass is 10.2. The Kier molecular flexibility index (Phi) is 6.15. The highest BCUT2D eigenvalue weighted by molar-refractivity contribution is 5.63. The van der Waals surface area contributed by atoms with Crippen LogP contribution in [0.3, 0.4) is 0 Å². The van der Waals surface area contributed by atoms with Gasteiger partial charge in [0.05, 0.1) is 27.4 Å². The Morgan fingerprint density at radius 1 is 1.18 bits per heavy atom. The summed E-state index contributed by atoms with van der Waals surface area (Å²) in [5, 5.41) is 10.0. The largest absolute Gasteiger partial charge is 0.502 e. The molecule has 1 aromatic carbocycles. The number of hydrogen-bond donors (Lipinski definition) is 1. The summed E-state index contributed by atoms with van der Waals surface area (Å²) in [5.74, 6) is 0.899. The predicted octanol–water partition coefficient (Wildman–Crippen LogP) is 1.57. The SMILES string of the molecule is CCN(CCN1CCOCC1)c1cc(OC)c(O)c(OC)c1. The molecule has 0 atom stereocenters. The van der Waals surface area contributed by atoms with Crippen molar-refractivity contribution >= 4 is 5.69 Å². The van der Waals surface area contributed by atoms with Gasteiger partial charge in [0.1, 0.15) is 0 Å². The van der Waals surface area contributed by atoms with Crippen molar-refractivity contribution in [3.8, 4) is 17.2 Å². The highest BCUT2D eigenvalue weighted by atomic mass is 16.5. The lowest BCUT2D eigenvalue weighted by Crippen LogP contribution is -2.41. The Bertz CT molecular complexity index is 450. The fourth-order valence-electron chi connectivity index (χ4n) is 2.62. The van der Waals surface area contributed by atoms with Crippen molar-refractivity contribution in [2.45, 2.75) is 6.92 Å². The van der Waals surface area contributed by atoms with Crippen molar-refractivity contribution < 1.29 is 19.3 Å². The molecule has 6 nitrogen and oxygen atoms in total. The summed E-state index contributed by atoms with van der Waals surface area (Å²) in [7, 11) is 3.09. The molecule has 0 amide bonds. The number of rotatable bonds is 7. The van der Waals surface area contributed by atoms with Crippen LogP contribution in [0.2, 0.25) is 0 Å². The molecule has 1 N–H and O–H groups in total. The fraction of sp³-hybridized carbons (Fsp3) is 0.625. The maximum Gasteiger partial charge on any atom is 0.200 e. The van der Waals surface area contributed by atoms with Crippen molar-refractivity contribution in [3.63, 3.8) is 0 Å². The van der Waals surface area contributed by atoms with E-state index in [-0.39, 0.29) is 5.75 Å². The second kappa shape index (κ2) is 8.10. The van der Waals surface area contributed by atoms with Crippen molar-refractivity contribution in [2.75, 3.05) is 65.1 Å². The average molecular weight is 310 g/mol. The van der Waals surface area contributed by atoms with Crippen LogP contribution in [0.25, 0.3) is 0 Å². The van der Waals surface area contributed by atoms with Crippen LogP contribution in [0, 0.1) is 0 Å². The molecule has 1 aromatic rings. The van der Waals surface area contributed by atoms with Crippen LogP contribution in [-0.4, -0.2) is 70.2 Å². The highest BCUT2D eigenvalue weighted by Crippen LogP contribution is 2.40. The van der Waals surface area contributed by atoms with Gasteiger partial charge in [-0.25, -0.2) is 0 Å². The molecule has 1 aliphatic heterocycles. The Labute approximate surface area is 132 Å². The number of likely N-dealkylation sites (N-methyl/N-ethyl adjacent to an activating group) is 1. The van der Waals surface area contributed by atoms with Gasteiger partial charge >= 0.3 is 0 Å². The van der Waals surface area contributed by atoms with Crippen LogP contribution in [0.4, 0.5) is 5.69 Å². The van der Waals surface area contributed by atoms with E-state index < -0.39 is 0 Å². The minimum atomic E-state index is 0.0398. The van der Waals surface area contributed by atoms with Crippen LogP contribution in [0.1, 0.15) is 6.92 Å². The molecule has 0 saturated carbocycles. The first kappa shape index (κ1) is 16.7. The summed E-state index contributed by atoms with van der Waals surface area (Å²) in [5.41, 5.74) is 0.988. The fourth-order valence-corrected chi connectivity index (χ4v) is 2.62. The number of ether oxygens (including phenoxy) is 3. The van der Waals surface area contributed by atoms with Crippen LogP contribution in [0.15, 0.2) is 12.1 Å². The maximum atomic E-state index is 10.0. The van der Waals surface area contributed by atoms with Gasteiger partial charge in [-0.15, -0.1) is 0 Å². The molecule has 22 heavy (non-hydrogen) atoms. The van der Waals surface area contributed by atoms with Gasteiger partial charge in [0, 0.05) is 50.5 Å². The minimum Gasteiger partial charge on any atom is -0.502 e. The summed E-state index contributed by atoms with van der Waals surface area (Å²) < 4.78 is 15.8. The van der Waals surface area contributed by atoms with Crippen molar-refractivity contribution in [1.29, 1.82) is 0 Å². The van der Waals surface area contributed by atoms with E-state index in [1.54, 1.807) is 14.2 Å². The Balaban J connectivity index is 2.08. The van der Waals surface area contributed by atoms with Gasteiger partial charge in [0.15, 0.2) is 11.5 Å². The molecule has 0 spiro atoms. The average Bonchev–Trinajstić information content (AvgIpc) is 2.57. The lowest BCUT2D eigenvalue weighted by molar-refractivity contribution is 0.0392. The molecule has 0 radical (unpaired) electrons. The predicted molar refractivity (Wildman–Crippen MR) is 86.4 cm³/mol. The standard InChI is InChI=1S/C16H26N2O4/c1-4-18(6-5-17-7-9-22-10-8-17)13-11-14(20-2)16(19)15(12-13)21-3/h11-12,19H,4-10H2,1-3H3. The normalized spacial score (nSPS) is 15.6. The van der Waals surface area contributed by atoms with Gasteiger partial charge in [0.25, 0.3) is 0 Å². The molecule has 2 rings (SSSR count). The second-order valence-electron chi connectivity index (χ2n) is 5.23. The first-order chi connectivity index (χ1) is 10.7. The molecule has 1 aliphatic rings. The number of methoxy groups -OCH3 is 2. The monoisotopic (exact) mass is 310 g/mol. The van der Waals surface area contributed by atoms with E-state index in [1.165, 1.54) is 0 Å². The second-order valence-corrected chi connectivity index (χ2v) is 5.23. The van der Waals surface area contributed by atoms with Gasteiger partial charge in [0.2, 0.25) is 5.75 Å². The molecule has 0 aromatic heterocycles. The van der Waals surface area contributed by atoms with Crippen molar-refractivity contribution in [2.24, 2.45) is 0 Å². The minimum absolute atomic E-state index is 0.0398. The third-order valence-corrected chi connectivity index (χ3v) is 4.00. The van der Waals surface area contributed by atoms with E-state index in [2.05, 4.69) is 16.7 Å². The Hall–Kier alpha value is -1.66. The quantitative estimate of drug-likeness (QED) is 0.825. The summed E-state index contributed by atoms with van der Waals surface area (Å²) in [6.07, 6.45) is 0. The Morgan fingerprint density at radius 2 is 1.77 bits per heavy atom. The maximum absolute atomic E-state index is 10.0. The van der Waals surface area contributed by atoms with Crippen LogP contribution < -0.4 is 14.4 Å². The lowest BCUT2D eigenvalue weighted by Gasteiger charge is -2.31. The first-order valence-electron chi connectivity index (χ1n) is 7.69. The molecule has 1 fully saturated rings. The van der Waals surface area contributed by atoms with Crippen molar-refractivity contribution in [3.05, 3.63) is 12.1 Å². The van der Waals surface area contributed by atoms with Crippen LogP contribution in [0.5, 0.6) is 17.2 Å². The molecule has 6 heteroatoms. The van der Waals surface area contributed by atoms with E-state index in [1.807, 2.05) is 12.1 Å². The topological polar surface area (TPSA) is 54.4 Å². The van der Waals surface area contributed by atoms with Crippen LogP contribution >= 0.6 is 0 Å². The highest BCUT2D eigenvalue weighted by Gasteiger charge is 2.16. The number of benzene rings is 1. The molecule has 1 saturated heterocycles. The number of phenolic OH excluding ortho intramolecular Hbond substituents is 1. The molecule has 0 unspecified atom stereocenters. The number of morpholine rings is 1. The number of hydrogen-bond acceptors (Lipinski definition) is 6. The number of nitrogens with zero attached hydrogens (tertiary/aromatic N) is 2. The molecule has 1 heterocycles. The third kappa shape index (κ3) is 3.96. The van der Waals surface area contributed by atoms with E-state index in [0.29, 0.717) is 11.5 Å². The zero-order valence-electron chi connectivity index (χ0n) is 13.7. The summed E-state index contributed by atoms with van der Waals surface area (Å²) in [4.78, 5) is 4.65.